The predicted molar refractivity (Wildman–Crippen MR) is 283 cm³/mol. The lowest BCUT2D eigenvalue weighted by molar-refractivity contribution is -0.311. The Morgan fingerprint density at radius 1 is 0.932 bits per heavy atom. The van der Waals surface area contributed by atoms with Crippen molar-refractivity contribution in [3.8, 4) is 0 Å². The summed E-state index contributed by atoms with van der Waals surface area (Å²) in [4.78, 5) is 27.4. The Labute approximate surface area is 442 Å². The molecule has 418 valence electrons. The van der Waals surface area contributed by atoms with Crippen LogP contribution >= 0.6 is 0 Å². The van der Waals surface area contributed by atoms with Gasteiger partial charge in [-0.3, -0.25) is 9.59 Å². The van der Waals surface area contributed by atoms with Gasteiger partial charge in [-0.05, 0) is 81.0 Å². The van der Waals surface area contributed by atoms with Crippen LogP contribution in [0.3, 0.4) is 0 Å². The number of hydrogen-bond donors (Lipinski definition) is 3. The van der Waals surface area contributed by atoms with Crippen LogP contribution in [0, 0.1) is 23.7 Å². The molecule has 0 aromatic carbocycles. The first kappa shape index (κ1) is 59.0. The summed E-state index contributed by atoms with van der Waals surface area (Å²) in [6.07, 6.45) is 10.9. The molecular formula is C57H92N2O14Si. The highest BCUT2D eigenvalue weighted by atomic mass is 28.4. The van der Waals surface area contributed by atoms with Gasteiger partial charge < -0.3 is 68.0 Å². The third-order valence-electron chi connectivity index (χ3n) is 17.4. The molecule has 1 unspecified atom stereocenters. The van der Waals surface area contributed by atoms with Gasteiger partial charge in [-0.25, -0.2) is 0 Å². The highest BCUT2D eigenvalue weighted by Gasteiger charge is 2.62. The van der Waals surface area contributed by atoms with Crippen molar-refractivity contribution in [2.45, 2.75) is 236 Å². The number of amides is 1. The first-order valence-electron chi connectivity index (χ1n) is 27.5. The molecule has 16 nitrogen and oxygen atoms in total. The zero-order valence-corrected chi connectivity index (χ0v) is 48.1. The van der Waals surface area contributed by atoms with Crippen LogP contribution in [-0.4, -0.2) is 150 Å². The molecule has 2 bridgehead atoms. The number of nitrogens with one attached hydrogen (secondary N) is 1. The maximum atomic E-state index is 14.9. The second kappa shape index (κ2) is 24.2. The van der Waals surface area contributed by atoms with Gasteiger partial charge >= 0.3 is 5.97 Å². The van der Waals surface area contributed by atoms with Crippen LogP contribution in [0.15, 0.2) is 59.3 Å². The number of hydrogen-bond acceptors (Lipinski definition) is 15. The molecule has 20 atom stereocenters. The van der Waals surface area contributed by atoms with E-state index in [1.54, 1.807) is 14.2 Å². The van der Waals surface area contributed by atoms with Gasteiger partial charge in [-0.1, -0.05) is 91.3 Å². The van der Waals surface area contributed by atoms with E-state index >= 15 is 0 Å². The molecule has 4 saturated heterocycles. The minimum Gasteiger partial charge on any atom is -0.462 e. The molecule has 0 aromatic heterocycles. The largest absolute Gasteiger partial charge is 0.462 e. The fourth-order valence-corrected chi connectivity index (χ4v) is 13.1. The van der Waals surface area contributed by atoms with E-state index in [1.165, 1.54) is 0 Å². The second-order valence-corrected chi connectivity index (χ2v) is 28.7. The summed E-state index contributed by atoms with van der Waals surface area (Å²) in [5.74, 6) is -2.62. The lowest BCUT2D eigenvalue weighted by atomic mass is 9.71. The summed E-state index contributed by atoms with van der Waals surface area (Å²) in [6, 6.07) is -0.363. The number of methoxy groups -OCH3 is 2. The quantitative estimate of drug-likeness (QED) is 0.0916. The van der Waals surface area contributed by atoms with Crippen molar-refractivity contribution in [1.29, 1.82) is 0 Å². The van der Waals surface area contributed by atoms with Crippen LogP contribution in [0.1, 0.15) is 121 Å². The minimum atomic E-state index is -2.39. The van der Waals surface area contributed by atoms with Gasteiger partial charge in [0.05, 0.1) is 61.5 Å². The fraction of sp³-hybridized carbons (Fsp3) is 0.789. The molecule has 7 rings (SSSR count). The lowest BCUT2D eigenvalue weighted by Gasteiger charge is -2.49. The number of rotatable bonds is 13. The summed E-state index contributed by atoms with van der Waals surface area (Å²) >= 11 is 0. The highest BCUT2D eigenvalue weighted by Crippen LogP contribution is 2.50. The number of ether oxygens (including phenoxy) is 10. The van der Waals surface area contributed by atoms with Gasteiger partial charge in [0, 0.05) is 64.7 Å². The molecular weight excluding hydrogens is 965 g/mol. The SMILES string of the molecule is CCC(C)[C@H]1O[C@]2(C=C[C@@H]1C)C[C@@H]1C[C@@H](C/C=C(\C)[C@@H](O[C@H]3C[C@H](OC)[C@@H](O[C@H]4C[C@H](OC)[C@@H](NC(=O)CCN)[C@H](C)O4)[C@H](C)O3)[C@@H](C)/C=C/C=C3\CO[C@@H]4[C@H](O[Si](C)(C)C(C)(C)C)C(C)=C[C@@H](C(=O)O1)[C@]34O)O2. The van der Waals surface area contributed by atoms with Gasteiger partial charge in [-0.2, -0.15) is 0 Å². The molecule has 17 heteroatoms. The Morgan fingerprint density at radius 2 is 1.62 bits per heavy atom. The Morgan fingerprint density at radius 3 is 2.30 bits per heavy atom. The number of nitrogens with two attached hydrogens (primary N) is 1. The molecule has 4 fully saturated rings. The van der Waals surface area contributed by atoms with E-state index in [2.05, 4.69) is 92.0 Å². The Hall–Kier alpha value is -2.62. The number of esters is 1. The number of carbonyl (C=O) groups excluding carboxylic acids is 2. The summed E-state index contributed by atoms with van der Waals surface area (Å²) in [7, 11) is 0.898. The van der Waals surface area contributed by atoms with E-state index in [9.17, 15) is 14.7 Å². The third-order valence-corrected chi connectivity index (χ3v) is 21.9. The van der Waals surface area contributed by atoms with Crippen molar-refractivity contribution >= 4 is 20.2 Å². The molecule has 7 aliphatic rings. The second-order valence-electron chi connectivity index (χ2n) is 24.0. The monoisotopic (exact) mass is 1060 g/mol. The Bertz CT molecular complexity index is 2110. The molecule has 1 spiro atoms. The van der Waals surface area contributed by atoms with Crippen molar-refractivity contribution in [1.82, 2.24) is 5.32 Å². The average Bonchev–Trinajstić information content (AvgIpc) is 3.67. The summed E-state index contributed by atoms with van der Waals surface area (Å²) < 4.78 is 72.9. The van der Waals surface area contributed by atoms with Crippen molar-refractivity contribution in [3.05, 3.63) is 59.3 Å². The lowest BCUT2D eigenvalue weighted by Crippen LogP contribution is -2.60. The number of aliphatic hydroxyl groups is 1. The predicted octanol–water partition coefficient (Wildman–Crippen LogP) is 7.88. The number of fused-ring (bicyclic) bond motifs is 2. The molecule has 1 amide bonds. The molecule has 1 aliphatic carbocycles. The van der Waals surface area contributed by atoms with Crippen LogP contribution in [0.25, 0.3) is 0 Å². The van der Waals surface area contributed by atoms with Gasteiger partial charge in [0.25, 0.3) is 0 Å². The zero-order chi connectivity index (χ0) is 54.1. The molecule has 4 N–H and O–H groups in total. The summed E-state index contributed by atoms with van der Waals surface area (Å²) in [6.45, 7) is 27.8. The number of allylic oxidation sites excluding steroid dienone is 2. The van der Waals surface area contributed by atoms with E-state index in [0.717, 1.165) is 17.6 Å². The van der Waals surface area contributed by atoms with E-state index in [1.807, 2.05) is 45.1 Å². The smallest absolute Gasteiger partial charge is 0.316 e. The van der Waals surface area contributed by atoms with Crippen molar-refractivity contribution < 1.29 is 66.5 Å². The zero-order valence-electron chi connectivity index (χ0n) is 47.1. The summed E-state index contributed by atoms with van der Waals surface area (Å²) in [5.41, 5.74) is 6.25. The first-order valence-corrected chi connectivity index (χ1v) is 30.4. The average molecular weight is 1060 g/mol. The van der Waals surface area contributed by atoms with Crippen LogP contribution in [0.5, 0.6) is 0 Å². The van der Waals surface area contributed by atoms with E-state index in [-0.39, 0.29) is 72.6 Å². The van der Waals surface area contributed by atoms with Gasteiger partial charge in [0.1, 0.15) is 29.8 Å². The van der Waals surface area contributed by atoms with Crippen LogP contribution in [0.2, 0.25) is 18.1 Å². The maximum Gasteiger partial charge on any atom is 0.316 e. The fourth-order valence-electron chi connectivity index (χ4n) is 11.8. The molecule has 0 aromatic rings. The van der Waals surface area contributed by atoms with Crippen LogP contribution in [0.4, 0.5) is 0 Å². The van der Waals surface area contributed by atoms with E-state index in [4.69, 9.17) is 57.5 Å². The van der Waals surface area contributed by atoms with Gasteiger partial charge in [-0.15, -0.1) is 0 Å². The molecule has 0 saturated carbocycles. The Kier molecular flexibility index (Phi) is 19.3. The number of carbonyl (C=O) groups is 2. The van der Waals surface area contributed by atoms with Crippen molar-refractivity contribution in [2.24, 2.45) is 29.4 Å². The first-order chi connectivity index (χ1) is 34.9. The third kappa shape index (κ3) is 12.8. The molecule has 74 heavy (non-hydrogen) atoms. The van der Waals surface area contributed by atoms with Gasteiger partial charge in [0.15, 0.2) is 26.7 Å². The standard InChI is InChI=1S/C57H92N2O14Si/c1-16-32(2)50-35(5)22-24-56(72-50)30-41-27-40(71-56)21-20-34(4)49(69-47-29-44(64-13)52(38(8)67-47)70-46-28-43(63-12)48(37(7)66-46)59-45(60)23-25-58)33(3)18-17-19-39-31-65-53-51(73-74(14,15)55(9,10)11)36(6)26-42(54(61)68-41)57(39,53)62/h17-20,22,24,26,32-33,35,37-38,40-44,46-53,62H,16,21,23,25,27-31,58H2,1-15H3,(H,59,60)/b18-17+,34-20+,39-19+/t32?,33-,35-,37-,38-,40+,41-,42-,43-,44-,46-,47-,48-,49-,50+,51+,52-,53+,56+,57+/m0/s1. The van der Waals surface area contributed by atoms with E-state index < -0.39 is 93.0 Å². The van der Waals surface area contributed by atoms with E-state index in [0.29, 0.717) is 37.7 Å². The maximum absolute atomic E-state index is 14.9. The molecule has 6 aliphatic heterocycles. The Balaban J connectivity index is 1.19. The van der Waals surface area contributed by atoms with Gasteiger partial charge in [0.2, 0.25) is 5.91 Å². The molecule has 6 heterocycles. The minimum absolute atomic E-state index is 0.0970. The normalized spacial score (nSPS) is 43.5. The van der Waals surface area contributed by atoms with Crippen LogP contribution in [-0.2, 0) is 61.4 Å². The molecule has 0 radical (unpaired) electrons. The van der Waals surface area contributed by atoms with Crippen molar-refractivity contribution in [2.75, 3.05) is 27.4 Å². The highest BCUT2D eigenvalue weighted by molar-refractivity contribution is 6.74. The topological polar surface area (TPSA) is 194 Å². The van der Waals surface area contributed by atoms with Crippen LogP contribution < -0.4 is 11.1 Å². The summed E-state index contributed by atoms with van der Waals surface area (Å²) in [5, 5.41) is 16.2. The van der Waals surface area contributed by atoms with Crippen molar-refractivity contribution in [3.63, 3.8) is 0 Å².